The number of halogens is 1. The van der Waals surface area contributed by atoms with Crippen molar-refractivity contribution in [2.75, 3.05) is 0 Å². The van der Waals surface area contributed by atoms with Gasteiger partial charge in [-0.2, -0.15) is 0 Å². The van der Waals surface area contributed by atoms with Crippen LogP contribution in [-0.2, 0) is 12.1 Å². The van der Waals surface area contributed by atoms with E-state index in [1.807, 2.05) is 42.5 Å². The number of rotatable bonds is 4. The Morgan fingerprint density at radius 3 is 2.09 bits per heavy atom. The van der Waals surface area contributed by atoms with Crippen LogP contribution in [0.5, 0.6) is 5.75 Å². The number of aromatic hydroxyl groups is 1. The Bertz CT molecular complexity index is 666. The Hall–Kier alpha value is -1.83. The second-order valence-electron chi connectivity index (χ2n) is 8.15. The van der Waals surface area contributed by atoms with E-state index in [2.05, 4.69) is 34.6 Å². The summed E-state index contributed by atoms with van der Waals surface area (Å²) in [4.78, 5) is 0. The van der Waals surface area contributed by atoms with Crippen molar-refractivity contribution in [3.8, 4) is 16.9 Å². The van der Waals surface area contributed by atoms with Crippen LogP contribution in [0.4, 0.5) is 4.39 Å². The molecule has 23 heavy (non-hydrogen) atoms. The van der Waals surface area contributed by atoms with Gasteiger partial charge in [0.2, 0.25) is 0 Å². The molecule has 0 atom stereocenters. The highest BCUT2D eigenvalue weighted by Gasteiger charge is 2.29. The minimum absolute atomic E-state index is 0.0500. The predicted molar refractivity (Wildman–Crippen MR) is 95.5 cm³/mol. The van der Waals surface area contributed by atoms with Gasteiger partial charge in [-0.3, -0.25) is 0 Å². The molecule has 124 valence electrons. The van der Waals surface area contributed by atoms with Gasteiger partial charge in [0.05, 0.1) is 0 Å². The fourth-order valence-corrected chi connectivity index (χ4v) is 3.45. The van der Waals surface area contributed by atoms with E-state index in [0.29, 0.717) is 11.1 Å². The lowest BCUT2D eigenvalue weighted by molar-refractivity contribution is 0.283. The molecule has 0 radical (unpaired) electrons. The molecule has 2 aromatic rings. The fraction of sp³-hybridized carbons (Fsp3) is 0.429. The summed E-state index contributed by atoms with van der Waals surface area (Å²) in [5.74, 6) is 0.0500. The second kappa shape index (κ2) is 6.35. The zero-order valence-electron chi connectivity index (χ0n) is 14.8. The van der Waals surface area contributed by atoms with Gasteiger partial charge < -0.3 is 5.11 Å². The third-order valence-electron chi connectivity index (χ3n) is 4.17. The Labute approximate surface area is 139 Å². The van der Waals surface area contributed by atoms with Crippen molar-refractivity contribution in [3.63, 3.8) is 0 Å². The van der Waals surface area contributed by atoms with E-state index in [9.17, 15) is 9.50 Å². The molecular weight excluding hydrogens is 287 g/mol. The molecule has 2 rings (SSSR count). The van der Waals surface area contributed by atoms with Crippen molar-refractivity contribution in [2.45, 2.75) is 53.1 Å². The van der Waals surface area contributed by atoms with Crippen molar-refractivity contribution in [1.82, 2.24) is 0 Å². The van der Waals surface area contributed by atoms with Crippen LogP contribution in [0.15, 0.2) is 42.5 Å². The monoisotopic (exact) mass is 314 g/mol. The number of benzene rings is 2. The van der Waals surface area contributed by atoms with Crippen LogP contribution in [-0.4, -0.2) is 5.11 Å². The van der Waals surface area contributed by atoms with Crippen LogP contribution in [0.2, 0.25) is 0 Å². The Morgan fingerprint density at radius 2 is 1.57 bits per heavy atom. The summed E-state index contributed by atoms with van der Waals surface area (Å²) < 4.78 is 13.4. The molecule has 0 aliphatic rings. The minimum atomic E-state index is -0.662. The van der Waals surface area contributed by atoms with Gasteiger partial charge >= 0.3 is 0 Å². The van der Waals surface area contributed by atoms with Crippen molar-refractivity contribution in [1.29, 1.82) is 0 Å². The van der Waals surface area contributed by atoms with Crippen molar-refractivity contribution >= 4 is 0 Å². The topological polar surface area (TPSA) is 20.2 Å². The van der Waals surface area contributed by atoms with E-state index in [1.54, 1.807) is 0 Å². The zero-order valence-corrected chi connectivity index (χ0v) is 14.8. The maximum Gasteiger partial charge on any atom is 0.129 e. The summed E-state index contributed by atoms with van der Waals surface area (Å²) in [5.41, 5.74) is 3.12. The molecule has 0 fully saturated rings. The summed E-state index contributed by atoms with van der Waals surface area (Å²) in [7, 11) is 0. The number of phenols is 1. The summed E-state index contributed by atoms with van der Waals surface area (Å²) >= 11 is 0. The molecule has 0 aromatic heterocycles. The van der Waals surface area contributed by atoms with E-state index in [-0.39, 0.29) is 16.6 Å². The quantitative estimate of drug-likeness (QED) is 0.708. The van der Waals surface area contributed by atoms with Crippen LogP contribution < -0.4 is 0 Å². The molecule has 0 aliphatic heterocycles. The van der Waals surface area contributed by atoms with Gasteiger partial charge in [0, 0.05) is 11.1 Å². The summed E-state index contributed by atoms with van der Waals surface area (Å²) in [5, 5.41) is 10.4. The van der Waals surface area contributed by atoms with E-state index < -0.39 is 6.67 Å². The van der Waals surface area contributed by atoms with Crippen LogP contribution in [0.3, 0.4) is 0 Å². The van der Waals surface area contributed by atoms with E-state index in [0.717, 1.165) is 17.5 Å². The first-order valence-corrected chi connectivity index (χ1v) is 8.12. The minimum Gasteiger partial charge on any atom is -0.507 e. The lowest BCUT2D eigenvalue weighted by Gasteiger charge is -2.33. The molecule has 0 bridgehead atoms. The summed E-state index contributed by atoms with van der Waals surface area (Å²) in [6, 6.07) is 13.5. The smallest absolute Gasteiger partial charge is 0.129 e. The number of hydrogen-bond donors (Lipinski definition) is 1. The lowest BCUT2D eigenvalue weighted by Crippen LogP contribution is -2.25. The van der Waals surface area contributed by atoms with Gasteiger partial charge in [-0.1, -0.05) is 65.0 Å². The van der Waals surface area contributed by atoms with E-state index in [1.165, 1.54) is 0 Å². The molecule has 0 heterocycles. The Kier molecular flexibility index (Phi) is 4.84. The van der Waals surface area contributed by atoms with E-state index >= 15 is 0 Å². The molecule has 2 aromatic carbocycles. The zero-order chi connectivity index (χ0) is 17.3. The third kappa shape index (κ3) is 4.13. The first-order chi connectivity index (χ1) is 10.6. The average molecular weight is 314 g/mol. The molecule has 0 saturated carbocycles. The Morgan fingerprint density at radius 1 is 0.957 bits per heavy atom. The van der Waals surface area contributed by atoms with Crippen LogP contribution >= 0.6 is 0 Å². The SMILES string of the molecule is CC(C)(C)CC(C)(C)c1cc(CF)c(O)c(-c2ccccc2)c1. The molecule has 1 nitrogen and oxygen atoms in total. The number of phenolic OH excluding ortho intramolecular Hbond substituents is 1. The lowest BCUT2D eigenvalue weighted by atomic mass is 9.71. The highest BCUT2D eigenvalue weighted by atomic mass is 19.1. The summed E-state index contributed by atoms with van der Waals surface area (Å²) in [6.07, 6.45) is 0.977. The molecule has 0 unspecified atom stereocenters. The highest BCUT2D eigenvalue weighted by Crippen LogP contribution is 2.41. The first-order valence-electron chi connectivity index (χ1n) is 8.12. The van der Waals surface area contributed by atoms with Gasteiger partial charge in [0.15, 0.2) is 0 Å². The largest absolute Gasteiger partial charge is 0.507 e. The predicted octanol–water partition coefficient (Wildman–Crippen LogP) is 6.24. The van der Waals surface area contributed by atoms with E-state index in [4.69, 9.17) is 0 Å². The maximum absolute atomic E-state index is 13.4. The van der Waals surface area contributed by atoms with Gasteiger partial charge in [-0.25, -0.2) is 4.39 Å². The first kappa shape index (κ1) is 17.5. The molecule has 1 N–H and O–H groups in total. The molecule has 0 saturated heterocycles. The van der Waals surface area contributed by atoms with Crippen LogP contribution in [0.25, 0.3) is 11.1 Å². The van der Waals surface area contributed by atoms with Gasteiger partial charge in [0.1, 0.15) is 12.4 Å². The molecular formula is C21H27FO. The summed E-state index contributed by atoms with van der Waals surface area (Å²) in [6.45, 7) is 10.3. The molecule has 2 heteroatoms. The maximum atomic E-state index is 13.4. The fourth-order valence-electron chi connectivity index (χ4n) is 3.45. The van der Waals surface area contributed by atoms with Crippen LogP contribution in [0, 0.1) is 5.41 Å². The number of alkyl halides is 1. The molecule has 0 spiro atoms. The van der Waals surface area contributed by atoms with Gasteiger partial charge in [-0.05, 0) is 40.5 Å². The van der Waals surface area contributed by atoms with Gasteiger partial charge in [0.25, 0.3) is 0 Å². The molecule has 0 amide bonds. The van der Waals surface area contributed by atoms with Crippen molar-refractivity contribution in [2.24, 2.45) is 5.41 Å². The van der Waals surface area contributed by atoms with Crippen molar-refractivity contribution < 1.29 is 9.50 Å². The van der Waals surface area contributed by atoms with Gasteiger partial charge in [-0.15, -0.1) is 0 Å². The van der Waals surface area contributed by atoms with Crippen LogP contribution in [0.1, 0.15) is 52.2 Å². The standard InChI is InChI=1S/C21H27FO/c1-20(2,3)14-21(4,5)17-11-16(13-22)19(23)18(12-17)15-9-7-6-8-10-15/h6-12,23H,13-14H2,1-5H3. The average Bonchev–Trinajstić information content (AvgIpc) is 2.45. The number of hydrogen-bond acceptors (Lipinski definition) is 1. The third-order valence-corrected chi connectivity index (χ3v) is 4.17. The second-order valence-corrected chi connectivity index (χ2v) is 8.15. The molecule has 0 aliphatic carbocycles. The normalized spacial score (nSPS) is 12.4. The van der Waals surface area contributed by atoms with Crippen molar-refractivity contribution in [3.05, 3.63) is 53.6 Å². The highest BCUT2D eigenvalue weighted by molar-refractivity contribution is 5.73. The Balaban J connectivity index is 2.58.